The molecule has 0 unspecified atom stereocenters. The van der Waals surface area contributed by atoms with Crippen LogP contribution in [0.25, 0.3) is 11.4 Å². The van der Waals surface area contributed by atoms with E-state index in [0.29, 0.717) is 18.2 Å². The summed E-state index contributed by atoms with van der Waals surface area (Å²) in [6.07, 6.45) is 0. The highest BCUT2D eigenvalue weighted by atomic mass is 35.5. The van der Waals surface area contributed by atoms with Crippen LogP contribution in [0.4, 0.5) is 0 Å². The Morgan fingerprint density at radius 2 is 1.79 bits per heavy atom. The van der Waals surface area contributed by atoms with Gasteiger partial charge in [-0.25, -0.2) is 0 Å². The minimum absolute atomic E-state index is 0.609. The predicted octanol–water partition coefficient (Wildman–Crippen LogP) is 4.54. The normalized spacial score (nSPS) is 10.9. The van der Waals surface area contributed by atoms with Gasteiger partial charge in [0.2, 0.25) is 0 Å². The third kappa shape index (κ3) is 4.17. The molecule has 0 saturated heterocycles. The van der Waals surface area contributed by atoms with E-state index in [1.165, 1.54) is 5.56 Å². The summed E-state index contributed by atoms with van der Waals surface area (Å²) in [6, 6.07) is 18.0. The summed E-state index contributed by atoms with van der Waals surface area (Å²) in [6.45, 7) is 1.32. The lowest BCUT2D eigenvalue weighted by Gasteiger charge is -2.10. The van der Waals surface area contributed by atoms with E-state index < -0.39 is 0 Å². The van der Waals surface area contributed by atoms with E-state index in [-0.39, 0.29) is 0 Å². The van der Waals surface area contributed by atoms with E-state index in [4.69, 9.17) is 16.3 Å². The number of methoxy groups -OCH3 is 1. The SMILES string of the molecule is COCCn1c(SCc2ccccc2)nnc1-c1ccc(Cl)cc1. The molecule has 0 atom stereocenters. The lowest BCUT2D eigenvalue weighted by atomic mass is 10.2. The molecule has 0 amide bonds. The fourth-order valence-corrected chi connectivity index (χ4v) is 3.36. The summed E-state index contributed by atoms with van der Waals surface area (Å²) in [5, 5.41) is 10.3. The fourth-order valence-electron chi connectivity index (χ4n) is 2.31. The summed E-state index contributed by atoms with van der Waals surface area (Å²) in [4.78, 5) is 0. The van der Waals surface area contributed by atoms with Crippen LogP contribution in [-0.4, -0.2) is 28.5 Å². The maximum Gasteiger partial charge on any atom is 0.191 e. The van der Waals surface area contributed by atoms with E-state index in [1.807, 2.05) is 42.5 Å². The number of nitrogens with zero attached hydrogens (tertiary/aromatic N) is 3. The second kappa shape index (κ2) is 8.33. The first-order valence-electron chi connectivity index (χ1n) is 7.62. The van der Waals surface area contributed by atoms with Gasteiger partial charge in [-0.2, -0.15) is 0 Å². The molecule has 0 radical (unpaired) electrons. The molecule has 0 saturated carbocycles. The van der Waals surface area contributed by atoms with Gasteiger partial charge in [-0.05, 0) is 29.8 Å². The van der Waals surface area contributed by atoms with Crippen molar-refractivity contribution in [3.8, 4) is 11.4 Å². The molecule has 1 aromatic heterocycles. The number of thioether (sulfide) groups is 1. The summed E-state index contributed by atoms with van der Waals surface area (Å²) in [7, 11) is 1.70. The number of halogens is 1. The maximum atomic E-state index is 5.98. The molecular formula is C18H18ClN3OS. The number of benzene rings is 2. The van der Waals surface area contributed by atoms with Crippen molar-refractivity contribution >= 4 is 23.4 Å². The number of hydrogen-bond donors (Lipinski definition) is 0. The zero-order valence-corrected chi connectivity index (χ0v) is 14.9. The second-order valence-electron chi connectivity index (χ2n) is 5.23. The molecule has 0 spiro atoms. The molecule has 4 nitrogen and oxygen atoms in total. The second-order valence-corrected chi connectivity index (χ2v) is 6.61. The van der Waals surface area contributed by atoms with Gasteiger partial charge >= 0.3 is 0 Å². The van der Waals surface area contributed by atoms with Crippen LogP contribution < -0.4 is 0 Å². The Balaban J connectivity index is 1.84. The molecule has 0 aliphatic carbocycles. The first-order valence-corrected chi connectivity index (χ1v) is 8.99. The average Bonchev–Trinajstić information content (AvgIpc) is 3.02. The predicted molar refractivity (Wildman–Crippen MR) is 98.3 cm³/mol. The number of rotatable bonds is 7. The summed E-state index contributed by atoms with van der Waals surface area (Å²) in [5.74, 6) is 1.69. The lowest BCUT2D eigenvalue weighted by Crippen LogP contribution is -2.07. The Labute approximate surface area is 150 Å². The standard InChI is InChI=1S/C18H18ClN3OS/c1-23-12-11-22-17(15-7-9-16(19)10-8-15)20-21-18(22)24-13-14-5-3-2-4-6-14/h2-10H,11-13H2,1H3. The smallest absolute Gasteiger partial charge is 0.191 e. The van der Waals surface area contributed by atoms with Crippen LogP contribution in [0.3, 0.4) is 0 Å². The summed E-state index contributed by atoms with van der Waals surface area (Å²) >= 11 is 7.66. The molecule has 6 heteroatoms. The van der Waals surface area contributed by atoms with Crippen molar-refractivity contribution in [2.75, 3.05) is 13.7 Å². The Kier molecular flexibility index (Phi) is 5.91. The summed E-state index contributed by atoms with van der Waals surface area (Å²) < 4.78 is 7.33. The van der Waals surface area contributed by atoms with Gasteiger partial charge in [0, 0.05) is 23.4 Å². The zero-order valence-electron chi connectivity index (χ0n) is 13.4. The van der Waals surface area contributed by atoms with E-state index in [9.17, 15) is 0 Å². The molecule has 2 aromatic carbocycles. The molecule has 3 aromatic rings. The molecule has 1 heterocycles. The molecule has 0 bridgehead atoms. The Hall–Kier alpha value is -1.82. The van der Waals surface area contributed by atoms with Crippen LogP contribution in [0.5, 0.6) is 0 Å². The van der Waals surface area contributed by atoms with Crippen molar-refractivity contribution in [2.24, 2.45) is 0 Å². The lowest BCUT2D eigenvalue weighted by molar-refractivity contribution is 0.185. The van der Waals surface area contributed by atoms with Crippen LogP contribution in [0.2, 0.25) is 5.02 Å². The monoisotopic (exact) mass is 359 g/mol. The van der Waals surface area contributed by atoms with Gasteiger partial charge < -0.3 is 4.74 Å². The van der Waals surface area contributed by atoms with Crippen LogP contribution in [0.15, 0.2) is 59.8 Å². The molecule has 3 rings (SSSR count). The number of aromatic nitrogens is 3. The first kappa shape index (κ1) is 17.0. The molecule has 0 fully saturated rings. The Morgan fingerprint density at radius 1 is 1.04 bits per heavy atom. The molecule has 0 N–H and O–H groups in total. The molecular weight excluding hydrogens is 342 g/mol. The van der Waals surface area contributed by atoms with E-state index in [0.717, 1.165) is 22.3 Å². The highest BCUT2D eigenvalue weighted by Gasteiger charge is 2.14. The van der Waals surface area contributed by atoms with E-state index >= 15 is 0 Å². The maximum absolute atomic E-state index is 5.98. The highest BCUT2D eigenvalue weighted by molar-refractivity contribution is 7.98. The van der Waals surface area contributed by atoms with Gasteiger partial charge in [-0.15, -0.1) is 10.2 Å². The number of hydrogen-bond acceptors (Lipinski definition) is 4. The van der Waals surface area contributed by atoms with Crippen LogP contribution >= 0.6 is 23.4 Å². The molecule has 124 valence electrons. The Bertz CT molecular complexity index is 775. The molecule has 0 aliphatic heterocycles. The minimum Gasteiger partial charge on any atom is -0.383 e. The highest BCUT2D eigenvalue weighted by Crippen LogP contribution is 2.27. The van der Waals surface area contributed by atoms with Crippen LogP contribution in [-0.2, 0) is 17.0 Å². The quantitative estimate of drug-likeness (QED) is 0.581. The third-order valence-electron chi connectivity index (χ3n) is 3.55. The zero-order chi connectivity index (χ0) is 16.8. The first-order chi connectivity index (χ1) is 11.8. The van der Waals surface area contributed by atoms with E-state index in [2.05, 4.69) is 26.9 Å². The Morgan fingerprint density at radius 3 is 2.50 bits per heavy atom. The minimum atomic E-state index is 0.609. The van der Waals surface area contributed by atoms with Crippen molar-refractivity contribution in [1.82, 2.24) is 14.8 Å². The average molecular weight is 360 g/mol. The fraction of sp³-hybridized carbons (Fsp3) is 0.222. The van der Waals surface area contributed by atoms with Gasteiger partial charge in [-0.3, -0.25) is 4.57 Å². The van der Waals surface area contributed by atoms with Crippen LogP contribution in [0.1, 0.15) is 5.56 Å². The molecule has 0 aliphatic rings. The van der Waals surface area contributed by atoms with Crippen LogP contribution in [0, 0.1) is 0 Å². The van der Waals surface area contributed by atoms with Gasteiger partial charge in [0.1, 0.15) is 0 Å². The van der Waals surface area contributed by atoms with Crippen molar-refractivity contribution in [3.63, 3.8) is 0 Å². The van der Waals surface area contributed by atoms with Crippen molar-refractivity contribution in [2.45, 2.75) is 17.5 Å². The van der Waals surface area contributed by atoms with Crippen molar-refractivity contribution < 1.29 is 4.74 Å². The largest absolute Gasteiger partial charge is 0.383 e. The van der Waals surface area contributed by atoms with Crippen molar-refractivity contribution in [1.29, 1.82) is 0 Å². The van der Waals surface area contributed by atoms with Crippen molar-refractivity contribution in [3.05, 3.63) is 65.2 Å². The van der Waals surface area contributed by atoms with Gasteiger partial charge in [0.15, 0.2) is 11.0 Å². The topological polar surface area (TPSA) is 39.9 Å². The third-order valence-corrected chi connectivity index (χ3v) is 4.84. The van der Waals surface area contributed by atoms with Gasteiger partial charge in [-0.1, -0.05) is 53.7 Å². The van der Waals surface area contributed by atoms with Gasteiger partial charge in [0.25, 0.3) is 0 Å². The molecule has 24 heavy (non-hydrogen) atoms. The summed E-state index contributed by atoms with van der Waals surface area (Å²) in [5.41, 5.74) is 2.26. The number of ether oxygens (including phenoxy) is 1. The van der Waals surface area contributed by atoms with Gasteiger partial charge in [0.05, 0.1) is 13.2 Å². The van der Waals surface area contributed by atoms with E-state index in [1.54, 1.807) is 18.9 Å².